The van der Waals surface area contributed by atoms with Crippen molar-refractivity contribution in [2.75, 3.05) is 0 Å². The summed E-state index contributed by atoms with van der Waals surface area (Å²) in [5.74, 6) is 1.15. The van der Waals surface area contributed by atoms with Crippen LogP contribution in [0.5, 0.6) is 0 Å². The lowest BCUT2D eigenvalue weighted by Crippen LogP contribution is -2.03. The first-order valence-corrected chi connectivity index (χ1v) is 7.63. The molecule has 3 rings (SSSR count). The number of thiophene rings is 1. The van der Waals surface area contributed by atoms with Crippen LogP contribution < -0.4 is 0 Å². The Morgan fingerprint density at radius 1 is 1.28 bits per heavy atom. The van der Waals surface area contributed by atoms with Crippen molar-refractivity contribution in [3.63, 3.8) is 0 Å². The van der Waals surface area contributed by atoms with Crippen molar-refractivity contribution in [3.05, 3.63) is 50.9 Å². The molecule has 2 nitrogen and oxygen atoms in total. The summed E-state index contributed by atoms with van der Waals surface area (Å²) in [6, 6.07) is 10.4. The van der Waals surface area contributed by atoms with Gasteiger partial charge in [0.2, 0.25) is 0 Å². The van der Waals surface area contributed by atoms with Crippen molar-refractivity contribution in [2.24, 2.45) is 0 Å². The van der Waals surface area contributed by atoms with E-state index in [4.69, 9.17) is 4.98 Å². The van der Waals surface area contributed by atoms with E-state index >= 15 is 0 Å². The fourth-order valence-electron chi connectivity index (χ4n) is 2.15. The third kappa shape index (κ3) is 1.99. The van der Waals surface area contributed by atoms with E-state index < -0.39 is 0 Å². The fourth-order valence-corrected chi connectivity index (χ4v) is 3.62. The predicted molar refractivity (Wildman–Crippen MR) is 80.2 cm³/mol. The van der Waals surface area contributed by atoms with Crippen LogP contribution in [0, 0.1) is 0 Å². The van der Waals surface area contributed by atoms with Crippen molar-refractivity contribution >= 4 is 38.3 Å². The third-order valence-electron chi connectivity index (χ3n) is 3.04. The highest BCUT2D eigenvalue weighted by Crippen LogP contribution is 2.26. The van der Waals surface area contributed by atoms with Gasteiger partial charge in [-0.15, -0.1) is 11.3 Å². The second-order valence-electron chi connectivity index (χ2n) is 4.15. The topological polar surface area (TPSA) is 17.8 Å². The Bertz CT molecular complexity index is 684. The van der Waals surface area contributed by atoms with Gasteiger partial charge in [-0.1, -0.05) is 19.1 Å². The minimum Gasteiger partial charge on any atom is -0.323 e. The van der Waals surface area contributed by atoms with Gasteiger partial charge in [0, 0.05) is 15.8 Å². The van der Waals surface area contributed by atoms with Gasteiger partial charge in [-0.2, -0.15) is 0 Å². The Morgan fingerprint density at radius 3 is 2.83 bits per heavy atom. The van der Waals surface area contributed by atoms with Gasteiger partial charge in [0.05, 0.1) is 17.6 Å². The highest BCUT2D eigenvalue weighted by atomic mass is 79.9. The van der Waals surface area contributed by atoms with E-state index in [1.807, 2.05) is 6.07 Å². The molecule has 0 aliphatic heterocycles. The molecule has 0 unspecified atom stereocenters. The van der Waals surface area contributed by atoms with Crippen LogP contribution in [-0.2, 0) is 13.0 Å². The highest BCUT2D eigenvalue weighted by molar-refractivity contribution is 9.10. The van der Waals surface area contributed by atoms with E-state index in [0.717, 1.165) is 24.3 Å². The molecule has 0 radical (unpaired) electrons. The zero-order valence-corrected chi connectivity index (χ0v) is 12.5. The molecule has 0 fully saturated rings. The molecule has 92 valence electrons. The molecule has 3 aromatic rings. The van der Waals surface area contributed by atoms with E-state index in [1.165, 1.54) is 14.9 Å². The molecular formula is C14H13BrN2S. The second-order valence-corrected chi connectivity index (χ2v) is 6.00. The van der Waals surface area contributed by atoms with Gasteiger partial charge < -0.3 is 4.57 Å². The number of benzene rings is 1. The second kappa shape index (κ2) is 4.86. The van der Waals surface area contributed by atoms with Crippen molar-refractivity contribution < 1.29 is 0 Å². The number of rotatable bonds is 3. The van der Waals surface area contributed by atoms with E-state index in [9.17, 15) is 0 Å². The summed E-state index contributed by atoms with van der Waals surface area (Å²) < 4.78 is 3.50. The number of halogens is 1. The molecule has 0 amide bonds. The molecule has 0 N–H and O–H groups in total. The third-order valence-corrected chi connectivity index (χ3v) is 4.95. The van der Waals surface area contributed by atoms with Crippen LogP contribution >= 0.6 is 27.3 Å². The number of aromatic nitrogens is 2. The standard InChI is InChI=1S/C14H13BrN2S/c1-2-14-16-11-5-3-4-6-12(11)17(14)9-13-10(15)7-8-18-13/h3-8H,2,9H2,1H3. The number of imidazole rings is 1. The lowest BCUT2D eigenvalue weighted by molar-refractivity contribution is 0.760. The molecular weight excluding hydrogens is 308 g/mol. The Morgan fingerprint density at radius 2 is 2.11 bits per heavy atom. The average molecular weight is 321 g/mol. The molecule has 0 aliphatic carbocycles. The van der Waals surface area contributed by atoms with Crippen molar-refractivity contribution in [1.29, 1.82) is 0 Å². The Labute approximate surface area is 118 Å². The van der Waals surface area contributed by atoms with Crippen molar-refractivity contribution in [3.8, 4) is 0 Å². The number of hydrogen-bond donors (Lipinski definition) is 0. The number of aryl methyl sites for hydroxylation is 1. The van der Waals surface area contributed by atoms with E-state index in [1.54, 1.807) is 11.3 Å². The molecule has 1 aromatic carbocycles. The Hall–Kier alpha value is -1.13. The molecule has 2 aromatic heterocycles. The Kier molecular flexibility index (Phi) is 3.22. The normalized spacial score (nSPS) is 11.2. The minimum absolute atomic E-state index is 0.891. The fraction of sp³-hybridized carbons (Fsp3) is 0.214. The van der Waals surface area contributed by atoms with Crippen LogP contribution in [0.2, 0.25) is 0 Å². The maximum Gasteiger partial charge on any atom is 0.109 e. The first-order valence-electron chi connectivity index (χ1n) is 5.95. The quantitative estimate of drug-likeness (QED) is 0.696. The van der Waals surface area contributed by atoms with Gasteiger partial charge in [-0.3, -0.25) is 0 Å². The number of fused-ring (bicyclic) bond motifs is 1. The summed E-state index contributed by atoms with van der Waals surface area (Å²) in [7, 11) is 0. The summed E-state index contributed by atoms with van der Waals surface area (Å²) >= 11 is 5.38. The summed E-state index contributed by atoms with van der Waals surface area (Å²) in [5.41, 5.74) is 2.30. The van der Waals surface area contributed by atoms with Crippen LogP contribution in [0.15, 0.2) is 40.2 Å². The van der Waals surface area contributed by atoms with Crippen LogP contribution in [-0.4, -0.2) is 9.55 Å². The first-order chi connectivity index (χ1) is 8.79. The van der Waals surface area contributed by atoms with Crippen molar-refractivity contribution in [1.82, 2.24) is 9.55 Å². The van der Waals surface area contributed by atoms with E-state index in [-0.39, 0.29) is 0 Å². The summed E-state index contributed by atoms with van der Waals surface area (Å²) in [4.78, 5) is 6.03. The molecule has 2 heterocycles. The van der Waals surface area contributed by atoms with Crippen LogP contribution in [0.1, 0.15) is 17.6 Å². The summed E-state index contributed by atoms with van der Waals surface area (Å²) in [6.07, 6.45) is 0.956. The van der Waals surface area contributed by atoms with Crippen molar-refractivity contribution in [2.45, 2.75) is 19.9 Å². The molecule has 4 heteroatoms. The van der Waals surface area contributed by atoms with Gasteiger partial charge in [-0.25, -0.2) is 4.98 Å². The van der Waals surface area contributed by atoms with Gasteiger partial charge in [0.1, 0.15) is 5.82 Å². The number of para-hydroxylation sites is 2. The molecule has 0 spiro atoms. The monoisotopic (exact) mass is 320 g/mol. The molecule has 0 aliphatic rings. The first kappa shape index (κ1) is 11.9. The van der Waals surface area contributed by atoms with Gasteiger partial charge >= 0.3 is 0 Å². The summed E-state index contributed by atoms with van der Waals surface area (Å²) in [5, 5.41) is 2.12. The maximum absolute atomic E-state index is 4.69. The maximum atomic E-state index is 4.69. The molecule has 0 atom stereocenters. The zero-order valence-electron chi connectivity index (χ0n) is 10.1. The van der Waals surface area contributed by atoms with Gasteiger partial charge in [0.15, 0.2) is 0 Å². The molecule has 18 heavy (non-hydrogen) atoms. The predicted octanol–water partition coefficient (Wildman–Crippen LogP) is 4.47. The number of hydrogen-bond acceptors (Lipinski definition) is 2. The largest absolute Gasteiger partial charge is 0.323 e. The zero-order chi connectivity index (χ0) is 12.5. The van der Waals surface area contributed by atoms with E-state index in [2.05, 4.69) is 57.1 Å². The SMILES string of the molecule is CCc1nc2ccccc2n1Cc1sccc1Br. The molecule has 0 saturated carbocycles. The lowest BCUT2D eigenvalue weighted by Gasteiger charge is -2.07. The molecule has 0 saturated heterocycles. The van der Waals surface area contributed by atoms with Gasteiger partial charge in [0.25, 0.3) is 0 Å². The molecule has 0 bridgehead atoms. The smallest absolute Gasteiger partial charge is 0.109 e. The summed E-state index contributed by atoms with van der Waals surface area (Å²) in [6.45, 7) is 3.04. The van der Waals surface area contributed by atoms with Gasteiger partial charge in [-0.05, 0) is 39.5 Å². The van der Waals surface area contributed by atoms with Crippen LogP contribution in [0.25, 0.3) is 11.0 Å². The Balaban J connectivity index is 2.12. The van der Waals surface area contributed by atoms with E-state index in [0.29, 0.717) is 0 Å². The van der Waals surface area contributed by atoms with Crippen LogP contribution in [0.4, 0.5) is 0 Å². The number of nitrogens with zero attached hydrogens (tertiary/aromatic N) is 2. The lowest BCUT2D eigenvalue weighted by atomic mass is 10.3. The minimum atomic E-state index is 0.891. The van der Waals surface area contributed by atoms with Crippen LogP contribution in [0.3, 0.4) is 0 Å². The average Bonchev–Trinajstić information content (AvgIpc) is 2.95. The highest BCUT2D eigenvalue weighted by Gasteiger charge is 2.11.